The van der Waals surface area contributed by atoms with Gasteiger partial charge in [-0.1, -0.05) is 32.4 Å². The molecule has 1 aromatic carbocycles. The number of rotatable bonds is 8. The van der Waals surface area contributed by atoms with E-state index < -0.39 is 5.92 Å². The van der Waals surface area contributed by atoms with Crippen LogP contribution in [0.5, 0.6) is 0 Å². The van der Waals surface area contributed by atoms with Crippen LogP contribution >= 0.6 is 0 Å². The lowest BCUT2D eigenvalue weighted by Gasteiger charge is -2.61. The Morgan fingerprint density at radius 1 is 0.929 bits per heavy atom. The van der Waals surface area contributed by atoms with E-state index in [1.807, 2.05) is 24.8 Å². The molecule has 7 nitrogen and oxygen atoms in total. The molecule has 7 heteroatoms. The highest BCUT2D eigenvalue weighted by Crippen LogP contribution is 2.64. The van der Waals surface area contributed by atoms with Crippen molar-refractivity contribution >= 4 is 23.5 Å². The Morgan fingerprint density at radius 3 is 2.26 bits per heavy atom. The second kappa shape index (κ2) is 10.9. The summed E-state index contributed by atoms with van der Waals surface area (Å²) in [7, 11) is 0. The molecule has 3 aliphatic carbocycles. The van der Waals surface area contributed by atoms with Gasteiger partial charge in [0.1, 0.15) is 5.92 Å². The first kappa shape index (κ1) is 29.1. The predicted octanol–water partition coefficient (Wildman–Crippen LogP) is 5.56. The first-order valence-electron chi connectivity index (χ1n) is 16.4. The number of carbonyl (C=O) groups excluding carboxylic acids is 4. The topological polar surface area (TPSA) is 78.0 Å². The normalized spacial score (nSPS) is 33.6. The Morgan fingerprint density at radius 2 is 1.60 bits per heavy atom. The Balaban J connectivity index is 1.22. The van der Waals surface area contributed by atoms with Crippen LogP contribution in [-0.2, 0) is 9.59 Å². The highest BCUT2D eigenvalue weighted by atomic mass is 16.2. The van der Waals surface area contributed by atoms with E-state index >= 15 is 0 Å². The van der Waals surface area contributed by atoms with Crippen LogP contribution in [0.4, 0.5) is 0 Å². The third kappa shape index (κ3) is 4.53. The average Bonchev–Trinajstić information content (AvgIpc) is 3.49. The number of imide groups is 1. The molecule has 0 radical (unpaired) electrons. The number of fused-ring (bicyclic) bond motifs is 6. The van der Waals surface area contributed by atoms with E-state index in [2.05, 4.69) is 18.7 Å². The molecule has 2 saturated carbocycles. The Hall–Kier alpha value is -2.96. The molecule has 2 heterocycles. The summed E-state index contributed by atoms with van der Waals surface area (Å²) in [5.74, 6) is 0.673. The Bertz CT molecular complexity index is 1280. The summed E-state index contributed by atoms with van der Waals surface area (Å²) in [6, 6.07) is 7.06. The van der Waals surface area contributed by atoms with Gasteiger partial charge in [0.05, 0.1) is 11.1 Å². The molecule has 226 valence electrons. The maximum absolute atomic E-state index is 13.6. The molecule has 5 aliphatic rings. The number of allylic oxidation sites excluding steroid dienone is 2. The van der Waals surface area contributed by atoms with Crippen molar-refractivity contribution in [2.24, 2.45) is 34.5 Å². The molecule has 1 unspecified atom stereocenters. The minimum Gasteiger partial charge on any atom is -0.374 e. The highest BCUT2D eigenvalue weighted by Gasteiger charge is 2.59. The summed E-state index contributed by atoms with van der Waals surface area (Å²) in [6.45, 7) is 12.2. The molecule has 6 atom stereocenters. The number of piperidine rings is 1. The first-order valence-corrected chi connectivity index (χ1v) is 16.4. The molecule has 42 heavy (non-hydrogen) atoms. The molecule has 3 fully saturated rings. The second-order valence-electron chi connectivity index (χ2n) is 14.0. The minimum atomic E-state index is -0.593. The van der Waals surface area contributed by atoms with Crippen molar-refractivity contribution in [3.05, 3.63) is 47.2 Å². The lowest BCUT2D eigenvalue weighted by molar-refractivity contribution is -0.144. The van der Waals surface area contributed by atoms with E-state index in [1.165, 1.54) is 37.0 Å². The SMILES string of the molecule is CCN(CC)C(=O)C1C[C@@]2(C)C(=CC1=O)N(CCCCN1C(=O)c3ccccc3C1=O)C[C@H]1[C@@H]3CCC[C@@]3(C)CC[C@@H]12. The fraction of sp³-hybridized carbons (Fsp3) is 0.657. The molecule has 0 aromatic heterocycles. The van der Waals surface area contributed by atoms with E-state index in [1.54, 1.807) is 24.3 Å². The monoisotopic (exact) mass is 573 g/mol. The zero-order valence-corrected chi connectivity index (χ0v) is 25.9. The van der Waals surface area contributed by atoms with Crippen molar-refractivity contribution in [1.29, 1.82) is 0 Å². The number of ketones is 1. The molecule has 1 aromatic rings. The number of hydrogen-bond donors (Lipinski definition) is 0. The number of unbranched alkanes of at least 4 members (excludes halogenated alkanes) is 1. The molecule has 6 rings (SSSR count). The largest absolute Gasteiger partial charge is 0.374 e. The fourth-order valence-corrected chi connectivity index (χ4v) is 9.69. The van der Waals surface area contributed by atoms with Gasteiger partial charge in [-0.2, -0.15) is 0 Å². The smallest absolute Gasteiger partial charge is 0.261 e. The molecular weight excluding hydrogens is 526 g/mol. The van der Waals surface area contributed by atoms with E-state index in [9.17, 15) is 19.2 Å². The van der Waals surface area contributed by atoms with E-state index in [0.29, 0.717) is 60.4 Å². The highest BCUT2D eigenvalue weighted by molar-refractivity contribution is 6.21. The minimum absolute atomic E-state index is 0.0161. The van der Waals surface area contributed by atoms with Gasteiger partial charge in [-0.25, -0.2) is 0 Å². The van der Waals surface area contributed by atoms with E-state index in [4.69, 9.17) is 0 Å². The predicted molar refractivity (Wildman–Crippen MR) is 162 cm³/mol. The van der Waals surface area contributed by atoms with Gasteiger partial charge in [0.2, 0.25) is 5.91 Å². The van der Waals surface area contributed by atoms with Crippen molar-refractivity contribution in [2.75, 3.05) is 32.7 Å². The summed E-state index contributed by atoms with van der Waals surface area (Å²) in [5, 5.41) is 0. The summed E-state index contributed by atoms with van der Waals surface area (Å²) in [5.41, 5.74) is 2.31. The van der Waals surface area contributed by atoms with Gasteiger partial charge < -0.3 is 9.80 Å². The maximum Gasteiger partial charge on any atom is 0.261 e. The Kier molecular flexibility index (Phi) is 7.59. The number of benzene rings is 1. The number of nitrogens with zero attached hydrogens (tertiary/aromatic N) is 3. The summed E-state index contributed by atoms with van der Waals surface area (Å²) >= 11 is 0. The summed E-state index contributed by atoms with van der Waals surface area (Å²) in [6.07, 6.45) is 10.3. The van der Waals surface area contributed by atoms with Crippen LogP contribution in [0.25, 0.3) is 0 Å². The van der Waals surface area contributed by atoms with Gasteiger partial charge in [0.15, 0.2) is 5.78 Å². The molecular formula is C35H47N3O4. The summed E-state index contributed by atoms with van der Waals surface area (Å²) < 4.78 is 0. The second-order valence-corrected chi connectivity index (χ2v) is 14.0. The third-order valence-electron chi connectivity index (χ3n) is 12.0. The molecule has 0 N–H and O–H groups in total. The summed E-state index contributed by atoms with van der Waals surface area (Å²) in [4.78, 5) is 58.5. The lowest BCUT2D eigenvalue weighted by Crippen LogP contribution is -2.59. The number of carbonyl (C=O) groups is 4. The molecule has 1 saturated heterocycles. The Labute approximate surface area is 250 Å². The number of amides is 3. The lowest BCUT2D eigenvalue weighted by atomic mass is 9.49. The van der Waals surface area contributed by atoms with Crippen LogP contribution in [0.15, 0.2) is 36.0 Å². The number of hydrogen-bond acceptors (Lipinski definition) is 5. The van der Waals surface area contributed by atoms with Crippen molar-refractivity contribution < 1.29 is 19.2 Å². The van der Waals surface area contributed by atoms with Crippen molar-refractivity contribution in [3.63, 3.8) is 0 Å². The van der Waals surface area contributed by atoms with Crippen LogP contribution in [0.3, 0.4) is 0 Å². The molecule has 2 aliphatic heterocycles. The quantitative estimate of drug-likeness (QED) is 0.231. The van der Waals surface area contributed by atoms with Gasteiger partial charge in [0, 0.05) is 49.9 Å². The van der Waals surface area contributed by atoms with Gasteiger partial charge in [-0.05, 0) is 94.1 Å². The van der Waals surface area contributed by atoms with Crippen LogP contribution in [0, 0.1) is 34.5 Å². The van der Waals surface area contributed by atoms with Crippen LogP contribution in [0.1, 0.15) is 99.8 Å². The van der Waals surface area contributed by atoms with Gasteiger partial charge in [-0.15, -0.1) is 0 Å². The van der Waals surface area contributed by atoms with E-state index in [0.717, 1.165) is 31.6 Å². The molecule has 0 spiro atoms. The molecule has 0 bridgehead atoms. The van der Waals surface area contributed by atoms with Gasteiger partial charge >= 0.3 is 0 Å². The number of likely N-dealkylation sites (tertiary alicyclic amines) is 1. The average molecular weight is 574 g/mol. The first-order chi connectivity index (χ1) is 20.1. The van der Waals surface area contributed by atoms with Crippen LogP contribution in [0.2, 0.25) is 0 Å². The molecule has 3 amide bonds. The zero-order chi connectivity index (χ0) is 29.8. The van der Waals surface area contributed by atoms with E-state index in [-0.39, 0.29) is 28.9 Å². The third-order valence-corrected chi connectivity index (χ3v) is 12.0. The van der Waals surface area contributed by atoms with Crippen molar-refractivity contribution in [1.82, 2.24) is 14.7 Å². The van der Waals surface area contributed by atoms with Gasteiger partial charge in [0.25, 0.3) is 11.8 Å². The maximum atomic E-state index is 13.6. The fourth-order valence-electron chi connectivity index (χ4n) is 9.69. The van der Waals surface area contributed by atoms with Crippen LogP contribution < -0.4 is 0 Å². The zero-order valence-electron chi connectivity index (χ0n) is 25.9. The van der Waals surface area contributed by atoms with Crippen molar-refractivity contribution in [2.45, 2.75) is 79.1 Å². The van der Waals surface area contributed by atoms with Crippen molar-refractivity contribution in [3.8, 4) is 0 Å². The standard InChI is InChI=1S/C35H47N3O4/c1-5-36(6-2)31(40)25-21-35(4)28-15-17-34(3)16-11-14-27(34)26(28)22-37(30(35)20-29(25)39)18-9-10-19-38-32(41)23-12-7-8-13-24(23)33(38)42/h7-8,12-13,20,25-28H,5-6,9-11,14-19,21-22H2,1-4H3/t25?,26-,27-,28-,34-,35+/m0/s1. The van der Waals surface area contributed by atoms with Crippen LogP contribution in [-0.4, -0.2) is 70.9 Å². The van der Waals surface area contributed by atoms with Gasteiger partial charge in [-0.3, -0.25) is 24.1 Å².